The van der Waals surface area contributed by atoms with Crippen molar-refractivity contribution in [3.8, 4) is 11.5 Å². The van der Waals surface area contributed by atoms with Crippen molar-refractivity contribution < 1.29 is 23.4 Å². The predicted octanol–water partition coefficient (Wildman–Crippen LogP) is 2.93. The molecule has 4 nitrogen and oxygen atoms in total. The molecule has 0 aliphatic heterocycles. The zero-order valence-corrected chi connectivity index (χ0v) is 10.5. The zero-order valence-electron chi connectivity index (χ0n) is 10.5. The molecule has 20 heavy (non-hydrogen) atoms. The van der Waals surface area contributed by atoms with Gasteiger partial charge in [0.25, 0.3) is 5.91 Å². The van der Waals surface area contributed by atoms with E-state index in [1.54, 1.807) is 0 Å². The van der Waals surface area contributed by atoms with Gasteiger partial charge >= 0.3 is 0 Å². The summed E-state index contributed by atoms with van der Waals surface area (Å²) in [5.74, 6) is -2.68. The third kappa shape index (κ3) is 2.69. The molecular weight excluding hydrogens is 268 g/mol. The molecule has 0 radical (unpaired) electrons. The van der Waals surface area contributed by atoms with E-state index >= 15 is 0 Å². The maximum atomic E-state index is 13.7. The molecular formula is C14H11F2NO3. The molecule has 0 spiro atoms. The van der Waals surface area contributed by atoms with Gasteiger partial charge in [-0.2, -0.15) is 0 Å². The number of carbonyl (C=O) groups excluding carboxylic acids is 1. The summed E-state index contributed by atoms with van der Waals surface area (Å²) in [6.07, 6.45) is 0. The Balaban J connectivity index is 2.33. The first-order valence-corrected chi connectivity index (χ1v) is 5.65. The molecule has 0 atom stereocenters. The second-order valence-corrected chi connectivity index (χ2v) is 3.94. The lowest BCUT2D eigenvalue weighted by Crippen LogP contribution is -2.16. The Bertz CT molecular complexity index is 659. The number of phenols is 1. The van der Waals surface area contributed by atoms with Crippen LogP contribution in [-0.2, 0) is 0 Å². The summed E-state index contributed by atoms with van der Waals surface area (Å²) in [6, 6.07) is 7.14. The van der Waals surface area contributed by atoms with Crippen molar-refractivity contribution in [3.05, 3.63) is 53.6 Å². The number of rotatable bonds is 3. The molecule has 2 N–H and O–H groups in total. The molecule has 0 aliphatic carbocycles. The number of aromatic hydroxyl groups is 1. The molecule has 2 aromatic rings. The SMILES string of the molecule is COc1cccc(F)c1C(=O)Nc1ccc(O)cc1F. The highest BCUT2D eigenvalue weighted by atomic mass is 19.1. The Hall–Kier alpha value is -2.63. The fraction of sp³-hybridized carbons (Fsp3) is 0.0714. The smallest absolute Gasteiger partial charge is 0.262 e. The van der Waals surface area contributed by atoms with Gasteiger partial charge in [-0.15, -0.1) is 0 Å². The minimum absolute atomic E-state index is 0.0432. The van der Waals surface area contributed by atoms with Crippen LogP contribution < -0.4 is 10.1 Å². The van der Waals surface area contributed by atoms with Crippen molar-refractivity contribution in [3.63, 3.8) is 0 Å². The lowest BCUT2D eigenvalue weighted by Gasteiger charge is -2.10. The molecule has 0 aromatic heterocycles. The van der Waals surface area contributed by atoms with Crippen LogP contribution in [0, 0.1) is 11.6 Å². The van der Waals surface area contributed by atoms with Crippen molar-refractivity contribution in [2.24, 2.45) is 0 Å². The third-order valence-corrected chi connectivity index (χ3v) is 2.62. The highest BCUT2D eigenvalue weighted by Crippen LogP contribution is 2.24. The number of hydrogen-bond acceptors (Lipinski definition) is 3. The second-order valence-electron chi connectivity index (χ2n) is 3.94. The van der Waals surface area contributed by atoms with Gasteiger partial charge in [-0.1, -0.05) is 6.07 Å². The van der Waals surface area contributed by atoms with E-state index in [9.17, 15) is 13.6 Å². The minimum Gasteiger partial charge on any atom is -0.508 e. The fourth-order valence-electron chi connectivity index (χ4n) is 1.69. The predicted molar refractivity (Wildman–Crippen MR) is 69.0 cm³/mol. The number of anilines is 1. The van der Waals surface area contributed by atoms with E-state index in [0.717, 1.165) is 12.1 Å². The summed E-state index contributed by atoms with van der Waals surface area (Å²) < 4.78 is 32.1. The maximum Gasteiger partial charge on any atom is 0.262 e. The molecule has 6 heteroatoms. The van der Waals surface area contributed by atoms with Crippen LogP contribution in [-0.4, -0.2) is 18.1 Å². The van der Waals surface area contributed by atoms with Crippen LogP contribution in [0.3, 0.4) is 0 Å². The zero-order chi connectivity index (χ0) is 14.7. The summed E-state index contributed by atoms with van der Waals surface area (Å²) in [5, 5.41) is 11.3. The normalized spacial score (nSPS) is 10.2. The van der Waals surface area contributed by atoms with Crippen molar-refractivity contribution in [1.29, 1.82) is 0 Å². The first-order chi connectivity index (χ1) is 9.52. The van der Waals surface area contributed by atoms with Crippen LogP contribution >= 0.6 is 0 Å². The number of hydrogen-bond donors (Lipinski definition) is 2. The van der Waals surface area contributed by atoms with Gasteiger partial charge in [0.2, 0.25) is 0 Å². The molecule has 2 rings (SSSR count). The Kier molecular flexibility index (Phi) is 3.84. The molecule has 0 heterocycles. The summed E-state index contributed by atoms with van der Waals surface area (Å²) in [7, 11) is 1.30. The van der Waals surface area contributed by atoms with Crippen molar-refractivity contribution in [2.75, 3.05) is 12.4 Å². The molecule has 0 fully saturated rings. The number of methoxy groups -OCH3 is 1. The number of benzene rings is 2. The topological polar surface area (TPSA) is 58.6 Å². The van der Waals surface area contributed by atoms with Gasteiger partial charge in [-0.05, 0) is 24.3 Å². The Morgan fingerprint density at radius 1 is 1.20 bits per heavy atom. The first kappa shape index (κ1) is 13.8. The maximum absolute atomic E-state index is 13.7. The van der Waals surface area contributed by atoms with E-state index in [-0.39, 0.29) is 22.7 Å². The van der Waals surface area contributed by atoms with Gasteiger partial charge < -0.3 is 15.2 Å². The van der Waals surface area contributed by atoms with Gasteiger partial charge in [0, 0.05) is 6.07 Å². The van der Waals surface area contributed by atoms with E-state index in [2.05, 4.69) is 5.32 Å². The molecule has 1 amide bonds. The molecule has 0 aliphatic rings. The van der Waals surface area contributed by atoms with Crippen LogP contribution in [0.1, 0.15) is 10.4 Å². The molecule has 0 bridgehead atoms. The largest absolute Gasteiger partial charge is 0.508 e. The number of halogens is 2. The lowest BCUT2D eigenvalue weighted by atomic mass is 10.1. The van der Waals surface area contributed by atoms with Crippen molar-refractivity contribution in [2.45, 2.75) is 0 Å². The van der Waals surface area contributed by atoms with Gasteiger partial charge in [0.1, 0.15) is 28.7 Å². The Labute approximate surface area is 113 Å². The molecule has 0 saturated carbocycles. The van der Waals surface area contributed by atoms with Crippen LogP contribution in [0.2, 0.25) is 0 Å². The van der Waals surface area contributed by atoms with E-state index in [0.29, 0.717) is 0 Å². The van der Waals surface area contributed by atoms with Gasteiger partial charge in [0.05, 0.1) is 12.8 Å². The summed E-state index contributed by atoms with van der Waals surface area (Å²) in [6.45, 7) is 0. The van der Waals surface area contributed by atoms with E-state index in [4.69, 9.17) is 9.84 Å². The van der Waals surface area contributed by atoms with E-state index in [1.807, 2.05) is 0 Å². The van der Waals surface area contributed by atoms with Crippen LogP contribution in [0.25, 0.3) is 0 Å². The quantitative estimate of drug-likeness (QED) is 0.849. The molecule has 0 unspecified atom stereocenters. The average molecular weight is 279 g/mol. The Morgan fingerprint density at radius 3 is 2.60 bits per heavy atom. The van der Waals surface area contributed by atoms with Gasteiger partial charge in [0.15, 0.2) is 0 Å². The average Bonchev–Trinajstić information content (AvgIpc) is 2.41. The fourth-order valence-corrected chi connectivity index (χ4v) is 1.69. The lowest BCUT2D eigenvalue weighted by molar-refractivity contribution is 0.101. The van der Waals surface area contributed by atoms with Crippen LogP contribution in [0.5, 0.6) is 11.5 Å². The number of ether oxygens (including phenoxy) is 1. The molecule has 2 aromatic carbocycles. The highest BCUT2D eigenvalue weighted by Gasteiger charge is 2.18. The number of nitrogens with one attached hydrogen (secondary N) is 1. The minimum atomic E-state index is -0.843. The number of amides is 1. The molecule has 0 saturated heterocycles. The van der Waals surface area contributed by atoms with Crippen LogP contribution in [0.15, 0.2) is 36.4 Å². The van der Waals surface area contributed by atoms with Gasteiger partial charge in [-0.25, -0.2) is 8.78 Å². The standard InChI is InChI=1S/C14H11F2NO3/c1-20-12-4-2-3-9(15)13(12)14(19)17-11-6-5-8(18)7-10(11)16/h2-7,18H,1H3,(H,17,19). The highest BCUT2D eigenvalue weighted by molar-refractivity contribution is 6.06. The number of phenolic OH excluding ortho intramolecular Hbond substituents is 1. The Morgan fingerprint density at radius 2 is 1.95 bits per heavy atom. The van der Waals surface area contributed by atoms with Crippen molar-refractivity contribution >= 4 is 11.6 Å². The monoisotopic (exact) mass is 279 g/mol. The number of carbonyl (C=O) groups is 1. The summed E-state index contributed by atoms with van der Waals surface area (Å²) in [4.78, 5) is 12.0. The second kappa shape index (κ2) is 5.56. The van der Waals surface area contributed by atoms with Crippen LogP contribution in [0.4, 0.5) is 14.5 Å². The third-order valence-electron chi connectivity index (χ3n) is 2.62. The first-order valence-electron chi connectivity index (χ1n) is 5.65. The summed E-state index contributed by atoms with van der Waals surface area (Å²) in [5.41, 5.74) is -0.486. The van der Waals surface area contributed by atoms with Crippen molar-refractivity contribution in [1.82, 2.24) is 0 Å². The van der Waals surface area contributed by atoms with E-state index in [1.165, 1.54) is 31.4 Å². The molecule has 104 valence electrons. The van der Waals surface area contributed by atoms with E-state index < -0.39 is 17.5 Å². The van der Waals surface area contributed by atoms with Gasteiger partial charge in [-0.3, -0.25) is 4.79 Å². The summed E-state index contributed by atoms with van der Waals surface area (Å²) >= 11 is 0.